The van der Waals surface area contributed by atoms with Crippen molar-refractivity contribution in [2.45, 2.75) is 44.1 Å². The van der Waals surface area contributed by atoms with E-state index in [0.717, 1.165) is 18.4 Å². The molecule has 0 radical (unpaired) electrons. The minimum absolute atomic E-state index is 0.185. The maximum absolute atomic E-state index is 12.5. The van der Waals surface area contributed by atoms with E-state index in [2.05, 4.69) is 14.7 Å². The van der Waals surface area contributed by atoms with Gasteiger partial charge in [0.05, 0.1) is 6.20 Å². The molecule has 1 heterocycles. The van der Waals surface area contributed by atoms with Crippen LogP contribution in [0, 0.1) is 11.3 Å². The largest absolute Gasteiger partial charge is 0.573 e. The number of ether oxygens (including phenoxy) is 2. The Labute approximate surface area is 147 Å². The van der Waals surface area contributed by atoms with Crippen LogP contribution < -0.4 is 9.47 Å². The zero-order valence-electron chi connectivity index (χ0n) is 13.6. The predicted molar refractivity (Wildman–Crippen MR) is 83.5 cm³/mol. The third-order valence-corrected chi connectivity index (χ3v) is 4.46. The summed E-state index contributed by atoms with van der Waals surface area (Å²) in [6.07, 6.45) is -0.493. The van der Waals surface area contributed by atoms with Crippen molar-refractivity contribution in [2.75, 3.05) is 0 Å². The van der Waals surface area contributed by atoms with E-state index in [1.807, 2.05) is 6.07 Å². The topological polar surface area (TPSA) is 68.0 Å². The summed E-state index contributed by atoms with van der Waals surface area (Å²) < 4.78 is 47.3. The molecule has 1 aromatic carbocycles. The van der Waals surface area contributed by atoms with Gasteiger partial charge in [-0.25, -0.2) is 4.98 Å². The Morgan fingerprint density at radius 1 is 1.19 bits per heavy atom. The molecule has 26 heavy (non-hydrogen) atoms. The van der Waals surface area contributed by atoms with E-state index in [4.69, 9.17) is 4.74 Å². The van der Waals surface area contributed by atoms with E-state index in [1.54, 1.807) is 6.07 Å². The summed E-state index contributed by atoms with van der Waals surface area (Å²) in [4.78, 5) is 8.54. The van der Waals surface area contributed by atoms with Gasteiger partial charge in [-0.15, -0.1) is 13.2 Å². The second-order valence-corrected chi connectivity index (χ2v) is 6.39. The first-order valence-electron chi connectivity index (χ1n) is 8.25. The minimum atomic E-state index is -4.75. The van der Waals surface area contributed by atoms with Gasteiger partial charge in [-0.3, -0.25) is 0 Å². The second-order valence-electron chi connectivity index (χ2n) is 6.39. The molecule has 0 saturated heterocycles. The Balaban J connectivity index is 1.61. The molecule has 0 amide bonds. The Morgan fingerprint density at radius 3 is 2.69 bits per heavy atom. The van der Waals surface area contributed by atoms with Gasteiger partial charge < -0.3 is 9.47 Å². The van der Waals surface area contributed by atoms with Gasteiger partial charge in [-0.1, -0.05) is 6.07 Å². The van der Waals surface area contributed by atoms with Crippen molar-refractivity contribution in [3.63, 3.8) is 0 Å². The molecule has 0 N–H and O–H groups in total. The third kappa shape index (κ3) is 3.43. The Bertz CT molecular complexity index is 888. The summed E-state index contributed by atoms with van der Waals surface area (Å²) in [5.41, 5.74) is 1.74. The normalized spacial score (nSPS) is 18.9. The molecule has 2 aliphatic carbocycles. The lowest BCUT2D eigenvalue weighted by atomic mass is 10.1. The van der Waals surface area contributed by atoms with E-state index in [-0.39, 0.29) is 17.2 Å². The van der Waals surface area contributed by atoms with Gasteiger partial charge in [0.25, 0.3) is 0 Å². The molecule has 1 unspecified atom stereocenters. The van der Waals surface area contributed by atoms with E-state index >= 15 is 0 Å². The van der Waals surface area contributed by atoms with Gasteiger partial charge in [-0.05, 0) is 48.9 Å². The van der Waals surface area contributed by atoms with Crippen LogP contribution in [0.1, 0.15) is 53.8 Å². The van der Waals surface area contributed by atoms with Crippen molar-refractivity contribution in [1.29, 1.82) is 5.26 Å². The highest BCUT2D eigenvalue weighted by Gasteiger charge is 2.33. The summed E-state index contributed by atoms with van der Waals surface area (Å²) >= 11 is 0. The van der Waals surface area contributed by atoms with Gasteiger partial charge >= 0.3 is 6.36 Å². The quantitative estimate of drug-likeness (QED) is 0.817. The zero-order chi connectivity index (χ0) is 18.3. The highest BCUT2D eigenvalue weighted by atomic mass is 19.4. The van der Waals surface area contributed by atoms with Crippen molar-refractivity contribution < 1.29 is 22.6 Å². The lowest BCUT2D eigenvalue weighted by molar-refractivity contribution is -0.274. The van der Waals surface area contributed by atoms with Crippen LogP contribution >= 0.6 is 0 Å². The number of nitriles is 1. The molecule has 0 bridgehead atoms. The minimum Gasteiger partial charge on any atom is -0.468 e. The Morgan fingerprint density at radius 2 is 2.00 bits per heavy atom. The third-order valence-electron chi connectivity index (χ3n) is 4.46. The highest BCUT2D eigenvalue weighted by Crippen LogP contribution is 2.41. The second kappa shape index (κ2) is 6.16. The van der Waals surface area contributed by atoms with Crippen LogP contribution in [0.25, 0.3) is 0 Å². The van der Waals surface area contributed by atoms with Crippen LogP contribution in [0.2, 0.25) is 0 Å². The number of hydrogen-bond donors (Lipinski definition) is 0. The average molecular weight is 361 g/mol. The van der Waals surface area contributed by atoms with Crippen molar-refractivity contribution in [1.82, 2.24) is 9.97 Å². The number of aryl methyl sites for hydroxylation is 1. The Hall–Kier alpha value is -2.82. The van der Waals surface area contributed by atoms with Crippen LogP contribution in [0.4, 0.5) is 13.2 Å². The number of benzene rings is 1. The standard InChI is InChI=1S/C18H14F3N3O2/c19-18(20,21)26-13-5-3-10-4-6-15(14(10)7-13)25-17-12(8-22)9-23-16(24-17)11-1-2-11/h3,5,7,9,11,15H,1-2,4,6H2. The molecule has 0 spiro atoms. The van der Waals surface area contributed by atoms with Gasteiger partial charge in [-0.2, -0.15) is 10.2 Å². The summed E-state index contributed by atoms with van der Waals surface area (Å²) in [6, 6.07) is 6.25. The van der Waals surface area contributed by atoms with Crippen LogP contribution in [-0.4, -0.2) is 16.3 Å². The summed E-state index contributed by atoms with van der Waals surface area (Å²) in [5.74, 6) is 0.845. The summed E-state index contributed by atoms with van der Waals surface area (Å²) in [7, 11) is 0. The van der Waals surface area contributed by atoms with Gasteiger partial charge in [0, 0.05) is 5.92 Å². The van der Waals surface area contributed by atoms with Gasteiger partial charge in [0.15, 0.2) is 0 Å². The van der Waals surface area contributed by atoms with Crippen molar-refractivity contribution in [3.8, 4) is 17.7 Å². The number of alkyl halides is 3. The highest BCUT2D eigenvalue weighted by molar-refractivity contribution is 5.42. The van der Waals surface area contributed by atoms with E-state index in [9.17, 15) is 18.4 Å². The lowest BCUT2D eigenvalue weighted by Gasteiger charge is -2.16. The first-order chi connectivity index (χ1) is 12.4. The van der Waals surface area contributed by atoms with Crippen LogP contribution in [0.5, 0.6) is 11.6 Å². The molecule has 2 aliphatic rings. The van der Waals surface area contributed by atoms with E-state index in [1.165, 1.54) is 18.3 Å². The van der Waals surface area contributed by atoms with Crippen LogP contribution in [-0.2, 0) is 6.42 Å². The first-order valence-corrected chi connectivity index (χ1v) is 8.25. The molecule has 1 fully saturated rings. The lowest BCUT2D eigenvalue weighted by Crippen LogP contribution is -2.17. The number of rotatable bonds is 4. The number of nitrogens with zero attached hydrogens (tertiary/aromatic N) is 3. The number of halogens is 3. The molecule has 8 heteroatoms. The number of fused-ring (bicyclic) bond motifs is 1. The first kappa shape index (κ1) is 16.6. The van der Waals surface area contributed by atoms with Crippen molar-refractivity contribution in [2.24, 2.45) is 0 Å². The predicted octanol–water partition coefficient (Wildman–Crippen LogP) is 4.19. The SMILES string of the molecule is N#Cc1cnc(C2CC2)nc1OC1CCc2ccc(OC(F)(F)F)cc21. The van der Waals surface area contributed by atoms with Crippen molar-refractivity contribution >= 4 is 0 Å². The van der Waals surface area contributed by atoms with E-state index < -0.39 is 12.5 Å². The van der Waals surface area contributed by atoms with E-state index in [0.29, 0.717) is 30.1 Å². The summed E-state index contributed by atoms with van der Waals surface area (Å²) in [6.45, 7) is 0. The molecular weight excluding hydrogens is 347 g/mol. The molecule has 0 aliphatic heterocycles. The maximum atomic E-state index is 12.5. The average Bonchev–Trinajstić information content (AvgIpc) is 3.37. The fourth-order valence-corrected chi connectivity index (χ4v) is 3.08. The van der Waals surface area contributed by atoms with Crippen LogP contribution in [0.3, 0.4) is 0 Å². The molecule has 2 aromatic rings. The fourth-order valence-electron chi connectivity index (χ4n) is 3.08. The van der Waals surface area contributed by atoms with Gasteiger partial charge in [0.1, 0.15) is 29.3 Å². The zero-order valence-corrected chi connectivity index (χ0v) is 13.6. The van der Waals surface area contributed by atoms with Crippen LogP contribution in [0.15, 0.2) is 24.4 Å². The molecule has 1 aromatic heterocycles. The number of hydrogen-bond acceptors (Lipinski definition) is 5. The molecular formula is C18H14F3N3O2. The smallest absolute Gasteiger partial charge is 0.468 e. The molecule has 4 rings (SSSR count). The monoisotopic (exact) mass is 361 g/mol. The molecule has 134 valence electrons. The maximum Gasteiger partial charge on any atom is 0.573 e. The molecule has 1 saturated carbocycles. The van der Waals surface area contributed by atoms with Gasteiger partial charge in [0.2, 0.25) is 5.88 Å². The van der Waals surface area contributed by atoms with Crippen molar-refractivity contribution in [3.05, 3.63) is 46.9 Å². The number of aromatic nitrogens is 2. The molecule has 1 atom stereocenters. The summed E-state index contributed by atoms with van der Waals surface area (Å²) in [5, 5.41) is 9.25. The fraction of sp³-hybridized carbons (Fsp3) is 0.389. The molecule has 5 nitrogen and oxygen atoms in total. The Kier molecular flexibility index (Phi) is 3.94.